The van der Waals surface area contributed by atoms with E-state index >= 15 is 0 Å². The number of aromatic nitrogens is 2. The zero-order valence-corrected chi connectivity index (χ0v) is 18.2. The van der Waals surface area contributed by atoms with Crippen LogP contribution in [0.25, 0.3) is 0 Å². The number of halogens is 1. The molecule has 0 aromatic carbocycles. The van der Waals surface area contributed by atoms with Gasteiger partial charge in [-0.15, -0.1) is 11.3 Å². The van der Waals surface area contributed by atoms with Crippen molar-refractivity contribution in [1.29, 1.82) is 0 Å². The Balaban J connectivity index is 1.82. The standard InChI is InChI=1S/C19H24BrN3O3S/c1-4-11(2)26-19(25)17-13-7-5-6-8-15(13)27-18(17)21-16(24)10-23-9-14(20)12(3)22-23/h9,11H,4-8,10H2,1-3H3,(H,21,24). The molecule has 8 heteroatoms. The maximum atomic E-state index is 12.8. The van der Waals surface area contributed by atoms with E-state index in [0.717, 1.165) is 47.8 Å². The molecule has 146 valence electrons. The minimum atomic E-state index is -0.336. The molecular formula is C19H24BrN3O3S. The van der Waals surface area contributed by atoms with Gasteiger partial charge in [0.1, 0.15) is 11.5 Å². The van der Waals surface area contributed by atoms with Gasteiger partial charge < -0.3 is 10.1 Å². The van der Waals surface area contributed by atoms with Gasteiger partial charge in [0.2, 0.25) is 5.91 Å². The number of anilines is 1. The van der Waals surface area contributed by atoms with Crippen molar-refractivity contribution in [3.05, 3.63) is 32.4 Å². The van der Waals surface area contributed by atoms with Crippen LogP contribution in [0.4, 0.5) is 5.00 Å². The van der Waals surface area contributed by atoms with Gasteiger partial charge in [-0.1, -0.05) is 6.92 Å². The molecule has 2 aromatic rings. The van der Waals surface area contributed by atoms with Gasteiger partial charge in [-0.2, -0.15) is 5.10 Å². The maximum Gasteiger partial charge on any atom is 0.341 e. The smallest absolute Gasteiger partial charge is 0.341 e. The summed E-state index contributed by atoms with van der Waals surface area (Å²) in [5.74, 6) is -0.544. The first-order valence-corrected chi connectivity index (χ1v) is 10.8. The molecule has 27 heavy (non-hydrogen) atoms. The highest BCUT2D eigenvalue weighted by atomic mass is 79.9. The summed E-state index contributed by atoms with van der Waals surface area (Å²) in [6, 6.07) is 0. The predicted octanol–water partition coefficient (Wildman–Crippen LogP) is 4.49. The van der Waals surface area contributed by atoms with E-state index < -0.39 is 0 Å². The van der Waals surface area contributed by atoms with Crippen LogP contribution in [0.2, 0.25) is 0 Å². The SMILES string of the molecule is CCC(C)OC(=O)c1c(NC(=O)Cn2cc(Br)c(C)n2)sc2c1CCCC2. The predicted molar refractivity (Wildman–Crippen MR) is 109 cm³/mol. The normalized spacial score (nSPS) is 14.5. The molecule has 2 aromatic heterocycles. The average molecular weight is 454 g/mol. The molecule has 0 saturated carbocycles. The van der Waals surface area contributed by atoms with Crippen LogP contribution in [0.3, 0.4) is 0 Å². The second kappa shape index (κ2) is 8.56. The average Bonchev–Trinajstić information content (AvgIpc) is 3.13. The van der Waals surface area contributed by atoms with Crippen molar-refractivity contribution in [3.8, 4) is 0 Å². The molecular weight excluding hydrogens is 430 g/mol. The lowest BCUT2D eigenvalue weighted by Gasteiger charge is -2.15. The monoisotopic (exact) mass is 453 g/mol. The summed E-state index contributed by atoms with van der Waals surface area (Å²) in [5, 5.41) is 7.81. The van der Waals surface area contributed by atoms with Gasteiger partial charge in [0.05, 0.1) is 21.8 Å². The Kier molecular flexibility index (Phi) is 6.37. The first kappa shape index (κ1) is 20.1. The Bertz CT molecular complexity index is 839. The quantitative estimate of drug-likeness (QED) is 0.653. The van der Waals surface area contributed by atoms with E-state index in [-0.39, 0.29) is 24.5 Å². The van der Waals surface area contributed by atoms with Crippen molar-refractivity contribution in [2.45, 2.75) is 65.5 Å². The number of amides is 1. The summed E-state index contributed by atoms with van der Waals surface area (Å²) >= 11 is 4.90. The number of ether oxygens (including phenoxy) is 1. The summed E-state index contributed by atoms with van der Waals surface area (Å²) in [7, 11) is 0. The Hall–Kier alpha value is -1.67. The van der Waals surface area contributed by atoms with Gasteiger partial charge >= 0.3 is 5.97 Å². The van der Waals surface area contributed by atoms with Crippen LogP contribution in [0.15, 0.2) is 10.7 Å². The highest BCUT2D eigenvalue weighted by Crippen LogP contribution is 2.38. The lowest BCUT2D eigenvalue weighted by atomic mass is 9.95. The molecule has 0 aliphatic heterocycles. The molecule has 0 spiro atoms. The molecule has 1 atom stereocenters. The number of thiophene rings is 1. The Morgan fingerprint density at radius 1 is 1.41 bits per heavy atom. The molecule has 0 saturated heterocycles. The van der Waals surface area contributed by atoms with Crippen LogP contribution in [0.1, 0.15) is 59.6 Å². The van der Waals surface area contributed by atoms with E-state index in [2.05, 4.69) is 26.3 Å². The fraction of sp³-hybridized carbons (Fsp3) is 0.526. The third-order valence-electron chi connectivity index (χ3n) is 4.70. The number of nitrogens with one attached hydrogen (secondary N) is 1. The molecule has 0 radical (unpaired) electrons. The number of hydrogen-bond acceptors (Lipinski definition) is 5. The lowest BCUT2D eigenvalue weighted by Crippen LogP contribution is -2.21. The molecule has 1 N–H and O–H groups in total. The van der Waals surface area contributed by atoms with Crippen LogP contribution in [-0.2, 0) is 28.9 Å². The van der Waals surface area contributed by atoms with Crippen molar-refractivity contribution in [2.75, 3.05) is 5.32 Å². The molecule has 1 aliphatic rings. The van der Waals surface area contributed by atoms with E-state index in [4.69, 9.17) is 4.74 Å². The first-order chi connectivity index (χ1) is 12.9. The van der Waals surface area contributed by atoms with E-state index in [1.807, 2.05) is 20.8 Å². The lowest BCUT2D eigenvalue weighted by molar-refractivity contribution is -0.116. The highest BCUT2D eigenvalue weighted by molar-refractivity contribution is 9.10. The molecule has 3 rings (SSSR count). The fourth-order valence-corrected chi connectivity index (χ4v) is 4.69. The van der Waals surface area contributed by atoms with E-state index in [1.54, 1.807) is 10.9 Å². The van der Waals surface area contributed by atoms with E-state index in [1.165, 1.54) is 16.2 Å². The van der Waals surface area contributed by atoms with Gasteiger partial charge in [0.25, 0.3) is 0 Å². The van der Waals surface area contributed by atoms with Crippen molar-refractivity contribution in [1.82, 2.24) is 9.78 Å². The fourth-order valence-electron chi connectivity index (χ4n) is 3.08. The van der Waals surface area contributed by atoms with Crippen LogP contribution >= 0.6 is 27.3 Å². The van der Waals surface area contributed by atoms with Crippen LogP contribution in [-0.4, -0.2) is 27.8 Å². The van der Waals surface area contributed by atoms with Crippen molar-refractivity contribution in [2.24, 2.45) is 0 Å². The van der Waals surface area contributed by atoms with Crippen LogP contribution < -0.4 is 5.32 Å². The Morgan fingerprint density at radius 2 is 2.15 bits per heavy atom. The summed E-state index contributed by atoms with van der Waals surface area (Å²) in [5.41, 5.74) is 2.42. The summed E-state index contributed by atoms with van der Waals surface area (Å²) in [6.45, 7) is 5.82. The van der Waals surface area contributed by atoms with E-state index in [0.29, 0.717) is 10.6 Å². The third kappa shape index (κ3) is 4.60. The van der Waals surface area contributed by atoms with Gasteiger partial charge in [-0.05, 0) is 67.4 Å². The number of esters is 1. The Labute approximate surface area is 171 Å². The summed E-state index contributed by atoms with van der Waals surface area (Å²) < 4.78 is 8.01. The van der Waals surface area contributed by atoms with Crippen molar-refractivity contribution < 1.29 is 14.3 Å². The van der Waals surface area contributed by atoms with E-state index in [9.17, 15) is 9.59 Å². The largest absolute Gasteiger partial charge is 0.459 e. The number of nitrogens with zero attached hydrogens (tertiary/aromatic N) is 2. The maximum absolute atomic E-state index is 12.8. The molecule has 6 nitrogen and oxygen atoms in total. The van der Waals surface area contributed by atoms with Gasteiger partial charge in [-0.25, -0.2) is 4.79 Å². The van der Waals surface area contributed by atoms with Gasteiger partial charge in [0.15, 0.2) is 0 Å². The molecule has 2 heterocycles. The Morgan fingerprint density at radius 3 is 2.81 bits per heavy atom. The third-order valence-corrected chi connectivity index (χ3v) is 6.69. The molecule has 0 fully saturated rings. The summed E-state index contributed by atoms with van der Waals surface area (Å²) in [6.07, 6.45) is 6.36. The number of rotatable bonds is 6. The molecule has 1 amide bonds. The zero-order valence-electron chi connectivity index (χ0n) is 15.8. The number of aryl methyl sites for hydroxylation is 2. The number of hydrogen-bond donors (Lipinski definition) is 1. The highest BCUT2D eigenvalue weighted by Gasteiger charge is 2.28. The van der Waals surface area contributed by atoms with Crippen LogP contribution in [0, 0.1) is 6.92 Å². The minimum Gasteiger partial charge on any atom is -0.459 e. The van der Waals surface area contributed by atoms with Gasteiger partial charge in [-0.3, -0.25) is 9.48 Å². The number of fused-ring (bicyclic) bond motifs is 1. The van der Waals surface area contributed by atoms with Gasteiger partial charge in [0, 0.05) is 11.1 Å². The number of carbonyl (C=O) groups excluding carboxylic acids is 2. The molecule has 1 unspecified atom stereocenters. The first-order valence-electron chi connectivity index (χ1n) is 9.24. The minimum absolute atomic E-state index is 0.0921. The summed E-state index contributed by atoms with van der Waals surface area (Å²) in [4.78, 5) is 26.5. The topological polar surface area (TPSA) is 73.2 Å². The molecule has 1 aliphatic carbocycles. The second-order valence-corrected chi connectivity index (χ2v) is 8.81. The van der Waals surface area contributed by atoms with Crippen molar-refractivity contribution in [3.63, 3.8) is 0 Å². The van der Waals surface area contributed by atoms with Crippen molar-refractivity contribution >= 4 is 44.1 Å². The number of carbonyl (C=O) groups is 2. The molecule has 0 bridgehead atoms. The van der Waals surface area contributed by atoms with Crippen LogP contribution in [0.5, 0.6) is 0 Å². The second-order valence-electron chi connectivity index (χ2n) is 6.85. The zero-order chi connectivity index (χ0) is 19.6.